The van der Waals surface area contributed by atoms with Crippen molar-refractivity contribution in [3.63, 3.8) is 0 Å². The van der Waals surface area contributed by atoms with Crippen molar-refractivity contribution in [1.82, 2.24) is 4.98 Å². The number of anilines is 1. The molecule has 0 bridgehead atoms. The molecule has 1 fully saturated rings. The van der Waals surface area contributed by atoms with E-state index in [-0.39, 0.29) is 11.9 Å². The molecule has 1 aromatic heterocycles. The van der Waals surface area contributed by atoms with Gasteiger partial charge in [-0.2, -0.15) is 13.2 Å². The topological polar surface area (TPSA) is 50.9 Å². The lowest BCUT2D eigenvalue weighted by Crippen LogP contribution is -2.31. The second kappa shape index (κ2) is 4.52. The van der Waals surface area contributed by atoms with Crippen LogP contribution in [0.5, 0.6) is 0 Å². The molecule has 0 radical (unpaired) electrons. The van der Waals surface area contributed by atoms with Crippen LogP contribution < -0.4 is 11.1 Å². The summed E-state index contributed by atoms with van der Waals surface area (Å²) in [5.41, 5.74) is 4.88. The molecule has 1 saturated carbocycles. The predicted molar refractivity (Wildman–Crippen MR) is 58.4 cm³/mol. The molecule has 6 heteroatoms. The van der Waals surface area contributed by atoms with Gasteiger partial charge in [-0.15, -0.1) is 0 Å². The summed E-state index contributed by atoms with van der Waals surface area (Å²) >= 11 is 0. The van der Waals surface area contributed by atoms with E-state index in [1.165, 1.54) is 0 Å². The molecule has 1 heterocycles. The predicted octanol–water partition coefficient (Wildman–Crippen LogP) is 2.25. The Balaban J connectivity index is 2.10. The van der Waals surface area contributed by atoms with Crippen LogP contribution in [0.2, 0.25) is 0 Å². The molecule has 0 saturated heterocycles. The lowest BCUT2D eigenvalue weighted by molar-refractivity contribution is -0.137. The van der Waals surface area contributed by atoms with Gasteiger partial charge in [-0.1, -0.05) is 0 Å². The molecule has 1 aliphatic rings. The number of nitrogens with zero attached hydrogens (tertiary/aromatic N) is 1. The molecule has 0 amide bonds. The zero-order chi connectivity index (χ0) is 12.5. The van der Waals surface area contributed by atoms with E-state index in [1.807, 2.05) is 0 Å². The van der Waals surface area contributed by atoms with Crippen LogP contribution in [0.25, 0.3) is 0 Å². The van der Waals surface area contributed by atoms with E-state index in [9.17, 15) is 13.2 Å². The number of rotatable bonds is 4. The first-order chi connectivity index (χ1) is 8.00. The Kier molecular flexibility index (Phi) is 3.24. The average molecular weight is 245 g/mol. The summed E-state index contributed by atoms with van der Waals surface area (Å²) < 4.78 is 37.4. The SMILES string of the molecule is NCC(Nc1cc(C(F)(F)F)ccn1)C1CC1. The van der Waals surface area contributed by atoms with Crippen molar-refractivity contribution < 1.29 is 13.2 Å². The summed E-state index contributed by atoms with van der Waals surface area (Å²) in [5.74, 6) is 0.707. The number of nitrogens with two attached hydrogens (primary N) is 1. The first-order valence-electron chi connectivity index (χ1n) is 5.50. The highest BCUT2D eigenvalue weighted by Crippen LogP contribution is 2.34. The summed E-state index contributed by atoms with van der Waals surface area (Å²) in [6.07, 6.45) is -1.02. The third-order valence-electron chi connectivity index (χ3n) is 2.87. The van der Waals surface area contributed by atoms with Crippen LogP contribution >= 0.6 is 0 Å². The zero-order valence-electron chi connectivity index (χ0n) is 9.17. The average Bonchev–Trinajstić information content (AvgIpc) is 3.09. The van der Waals surface area contributed by atoms with Gasteiger partial charge >= 0.3 is 6.18 Å². The van der Waals surface area contributed by atoms with Crippen molar-refractivity contribution in [3.8, 4) is 0 Å². The van der Waals surface area contributed by atoms with Gasteiger partial charge < -0.3 is 11.1 Å². The highest BCUT2D eigenvalue weighted by atomic mass is 19.4. The van der Waals surface area contributed by atoms with Gasteiger partial charge in [0.25, 0.3) is 0 Å². The van der Waals surface area contributed by atoms with Gasteiger partial charge in [-0.25, -0.2) is 4.98 Å². The number of halogens is 3. The van der Waals surface area contributed by atoms with Crippen LogP contribution in [0.3, 0.4) is 0 Å². The molecule has 94 valence electrons. The Bertz CT molecular complexity index is 388. The van der Waals surface area contributed by atoms with E-state index in [4.69, 9.17) is 5.73 Å². The molecule has 0 aromatic carbocycles. The van der Waals surface area contributed by atoms with Crippen LogP contribution in [-0.4, -0.2) is 17.6 Å². The Hall–Kier alpha value is -1.30. The van der Waals surface area contributed by atoms with Crippen molar-refractivity contribution in [1.29, 1.82) is 0 Å². The van der Waals surface area contributed by atoms with E-state index in [0.717, 1.165) is 31.2 Å². The first-order valence-corrected chi connectivity index (χ1v) is 5.50. The molecular weight excluding hydrogens is 231 g/mol. The minimum atomic E-state index is -4.34. The summed E-state index contributed by atoms with van der Waals surface area (Å²) in [6, 6.07) is 2.00. The maximum Gasteiger partial charge on any atom is 0.416 e. The summed E-state index contributed by atoms with van der Waals surface area (Å²) in [6.45, 7) is 0.405. The van der Waals surface area contributed by atoms with Crippen LogP contribution in [0, 0.1) is 5.92 Å². The molecule has 3 N–H and O–H groups in total. The molecule has 1 atom stereocenters. The minimum Gasteiger partial charge on any atom is -0.366 e. The van der Waals surface area contributed by atoms with E-state index in [0.29, 0.717) is 12.5 Å². The normalized spacial score (nSPS) is 17.9. The number of pyridine rings is 1. The van der Waals surface area contributed by atoms with Crippen LogP contribution in [0.1, 0.15) is 18.4 Å². The Morgan fingerprint density at radius 2 is 2.18 bits per heavy atom. The maximum atomic E-state index is 12.5. The lowest BCUT2D eigenvalue weighted by Gasteiger charge is -2.17. The fraction of sp³-hybridized carbons (Fsp3) is 0.545. The first kappa shape index (κ1) is 12.2. The molecule has 1 unspecified atom stereocenters. The molecule has 1 aliphatic carbocycles. The largest absolute Gasteiger partial charge is 0.416 e. The van der Waals surface area contributed by atoms with Crippen molar-refractivity contribution in [2.45, 2.75) is 25.1 Å². The molecule has 0 spiro atoms. The van der Waals surface area contributed by atoms with E-state index in [1.54, 1.807) is 0 Å². The smallest absolute Gasteiger partial charge is 0.366 e. The fourth-order valence-electron chi connectivity index (χ4n) is 1.74. The maximum absolute atomic E-state index is 12.5. The Morgan fingerprint density at radius 3 is 2.71 bits per heavy atom. The molecule has 2 rings (SSSR count). The molecule has 0 aliphatic heterocycles. The molecule has 1 aromatic rings. The number of hydrogen-bond acceptors (Lipinski definition) is 3. The molecular formula is C11H14F3N3. The number of hydrogen-bond donors (Lipinski definition) is 2. The second-order valence-electron chi connectivity index (χ2n) is 4.25. The van der Waals surface area contributed by atoms with Gasteiger partial charge in [0.1, 0.15) is 5.82 Å². The number of aromatic nitrogens is 1. The third kappa shape index (κ3) is 3.09. The number of nitrogens with one attached hydrogen (secondary N) is 1. The summed E-state index contributed by atoms with van der Waals surface area (Å²) in [4.78, 5) is 3.88. The van der Waals surface area contributed by atoms with Gasteiger partial charge in [0.2, 0.25) is 0 Å². The Morgan fingerprint density at radius 1 is 1.47 bits per heavy atom. The van der Waals surface area contributed by atoms with Gasteiger partial charge in [0, 0.05) is 18.8 Å². The number of alkyl halides is 3. The minimum absolute atomic E-state index is 0.0194. The highest BCUT2D eigenvalue weighted by molar-refractivity contribution is 5.40. The van der Waals surface area contributed by atoms with E-state index < -0.39 is 11.7 Å². The summed E-state index contributed by atoms with van der Waals surface area (Å²) in [7, 11) is 0. The van der Waals surface area contributed by atoms with Crippen LogP contribution in [0.15, 0.2) is 18.3 Å². The Labute approximate surface area is 97.2 Å². The summed E-state index contributed by atoms with van der Waals surface area (Å²) in [5, 5.41) is 2.97. The molecule has 3 nitrogen and oxygen atoms in total. The van der Waals surface area contributed by atoms with Gasteiger partial charge in [-0.05, 0) is 30.9 Å². The van der Waals surface area contributed by atoms with E-state index in [2.05, 4.69) is 10.3 Å². The van der Waals surface area contributed by atoms with Crippen molar-refractivity contribution >= 4 is 5.82 Å². The van der Waals surface area contributed by atoms with Gasteiger partial charge in [0.05, 0.1) is 5.56 Å². The zero-order valence-corrected chi connectivity index (χ0v) is 9.17. The van der Waals surface area contributed by atoms with Crippen LogP contribution in [-0.2, 0) is 6.18 Å². The second-order valence-corrected chi connectivity index (χ2v) is 4.25. The fourth-order valence-corrected chi connectivity index (χ4v) is 1.74. The van der Waals surface area contributed by atoms with Crippen molar-refractivity contribution in [2.24, 2.45) is 11.7 Å². The monoisotopic (exact) mass is 245 g/mol. The highest BCUT2D eigenvalue weighted by Gasteiger charge is 2.32. The van der Waals surface area contributed by atoms with Crippen molar-refractivity contribution in [3.05, 3.63) is 23.9 Å². The third-order valence-corrected chi connectivity index (χ3v) is 2.87. The van der Waals surface area contributed by atoms with Crippen LogP contribution in [0.4, 0.5) is 19.0 Å². The molecule has 17 heavy (non-hydrogen) atoms. The van der Waals surface area contributed by atoms with Crippen molar-refractivity contribution in [2.75, 3.05) is 11.9 Å². The van der Waals surface area contributed by atoms with Gasteiger partial charge in [0.15, 0.2) is 0 Å². The standard InChI is InChI=1S/C11H14F3N3/c12-11(13,14)8-3-4-16-10(5-8)17-9(6-15)7-1-2-7/h3-5,7,9H,1-2,6,15H2,(H,16,17). The quantitative estimate of drug-likeness (QED) is 0.855. The van der Waals surface area contributed by atoms with E-state index >= 15 is 0 Å². The van der Waals surface area contributed by atoms with Gasteiger partial charge in [-0.3, -0.25) is 0 Å². The lowest BCUT2D eigenvalue weighted by atomic mass is 10.2.